The van der Waals surface area contributed by atoms with Gasteiger partial charge in [0.1, 0.15) is 5.82 Å². The first-order chi connectivity index (χ1) is 12.6. The first-order valence-electron chi connectivity index (χ1n) is 8.73. The van der Waals surface area contributed by atoms with Gasteiger partial charge in [-0.05, 0) is 30.8 Å². The summed E-state index contributed by atoms with van der Waals surface area (Å²) in [5.74, 6) is -0.392. The monoisotopic (exact) mass is 349 g/mol. The fraction of sp³-hybridized carbons (Fsp3) is 0.238. The molecule has 1 aliphatic heterocycles. The molecule has 0 bridgehead atoms. The van der Waals surface area contributed by atoms with Crippen LogP contribution in [0.4, 0.5) is 4.39 Å². The van der Waals surface area contributed by atoms with Crippen molar-refractivity contribution in [1.82, 2.24) is 15.2 Å². The molecule has 1 aliphatic rings. The van der Waals surface area contributed by atoms with Crippen LogP contribution in [0.2, 0.25) is 0 Å². The zero-order valence-corrected chi connectivity index (χ0v) is 14.6. The number of carbonyl (C=O) groups excluding carboxylic acids is 1. The predicted molar refractivity (Wildman–Crippen MR) is 99.4 cm³/mol. The lowest BCUT2D eigenvalue weighted by atomic mass is 9.95. The number of carbonyl (C=O) groups is 1. The fourth-order valence-electron chi connectivity index (χ4n) is 3.46. The molecule has 132 valence electrons. The number of amides is 1. The van der Waals surface area contributed by atoms with Gasteiger partial charge in [-0.1, -0.05) is 30.3 Å². The maximum absolute atomic E-state index is 13.1. The molecule has 4 rings (SSSR count). The predicted octanol–water partition coefficient (Wildman–Crippen LogP) is 3.29. The first-order valence-corrected chi connectivity index (χ1v) is 8.73. The van der Waals surface area contributed by atoms with E-state index in [1.807, 2.05) is 24.3 Å². The van der Waals surface area contributed by atoms with E-state index in [0.29, 0.717) is 18.7 Å². The van der Waals surface area contributed by atoms with Gasteiger partial charge in [-0.2, -0.15) is 0 Å². The number of benzene rings is 2. The molecule has 0 spiro atoms. The van der Waals surface area contributed by atoms with Gasteiger partial charge in [-0.3, -0.25) is 9.78 Å². The number of hydrogen-bond acceptors (Lipinski definition) is 3. The molecule has 4 nitrogen and oxygen atoms in total. The molecule has 2 aromatic carbocycles. The summed E-state index contributed by atoms with van der Waals surface area (Å²) in [6.07, 6.45) is 0.842. The maximum atomic E-state index is 13.1. The lowest BCUT2D eigenvalue weighted by molar-refractivity contribution is 0.0950. The van der Waals surface area contributed by atoms with Crippen molar-refractivity contribution in [2.75, 3.05) is 13.6 Å². The van der Waals surface area contributed by atoms with E-state index in [0.717, 1.165) is 40.7 Å². The van der Waals surface area contributed by atoms with Crippen LogP contribution in [-0.4, -0.2) is 29.4 Å². The smallest absolute Gasteiger partial charge is 0.252 e. The summed E-state index contributed by atoms with van der Waals surface area (Å²) in [6, 6.07) is 13.9. The van der Waals surface area contributed by atoms with E-state index in [2.05, 4.69) is 17.3 Å². The van der Waals surface area contributed by atoms with E-state index in [1.54, 1.807) is 12.1 Å². The molecule has 1 amide bonds. The minimum absolute atomic E-state index is 0.112. The highest BCUT2D eigenvalue weighted by Crippen LogP contribution is 2.27. The Labute approximate surface area is 151 Å². The normalized spacial score (nSPS) is 14.2. The molecule has 26 heavy (non-hydrogen) atoms. The molecule has 0 radical (unpaired) electrons. The highest BCUT2D eigenvalue weighted by atomic mass is 19.1. The van der Waals surface area contributed by atoms with Crippen LogP contribution in [0.1, 0.15) is 27.2 Å². The van der Waals surface area contributed by atoms with Crippen LogP contribution in [0.3, 0.4) is 0 Å². The molecule has 0 saturated heterocycles. The summed E-state index contributed by atoms with van der Waals surface area (Å²) >= 11 is 0. The highest BCUT2D eigenvalue weighted by Gasteiger charge is 2.24. The number of hydrogen-bond donors (Lipinski definition) is 1. The minimum Gasteiger partial charge on any atom is -0.348 e. The van der Waals surface area contributed by atoms with Crippen LogP contribution in [0.25, 0.3) is 10.9 Å². The Morgan fingerprint density at radius 1 is 1.19 bits per heavy atom. The van der Waals surface area contributed by atoms with Gasteiger partial charge in [0, 0.05) is 42.7 Å². The average molecular weight is 349 g/mol. The number of pyridine rings is 1. The van der Waals surface area contributed by atoms with Gasteiger partial charge in [-0.25, -0.2) is 4.39 Å². The Bertz CT molecular complexity index is 969. The number of aromatic nitrogens is 1. The van der Waals surface area contributed by atoms with Crippen molar-refractivity contribution in [2.24, 2.45) is 0 Å². The summed E-state index contributed by atoms with van der Waals surface area (Å²) in [6.45, 7) is 2.02. The number of para-hydroxylation sites is 1. The molecule has 1 N–H and O–H groups in total. The Morgan fingerprint density at radius 2 is 1.96 bits per heavy atom. The van der Waals surface area contributed by atoms with Crippen molar-refractivity contribution < 1.29 is 9.18 Å². The zero-order valence-electron chi connectivity index (χ0n) is 14.6. The summed E-state index contributed by atoms with van der Waals surface area (Å²) < 4.78 is 13.1. The largest absolute Gasteiger partial charge is 0.348 e. The Kier molecular flexibility index (Phi) is 4.39. The second-order valence-electron chi connectivity index (χ2n) is 6.73. The molecule has 2 heterocycles. The van der Waals surface area contributed by atoms with Crippen molar-refractivity contribution in [3.05, 3.63) is 76.7 Å². The lowest BCUT2D eigenvalue weighted by Gasteiger charge is -2.27. The summed E-state index contributed by atoms with van der Waals surface area (Å²) in [4.78, 5) is 20.0. The molecule has 0 unspecified atom stereocenters. The minimum atomic E-state index is -0.280. The van der Waals surface area contributed by atoms with E-state index in [4.69, 9.17) is 4.98 Å². The Balaban J connectivity index is 1.70. The van der Waals surface area contributed by atoms with Gasteiger partial charge in [0.15, 0.2) is 0 Å². The SMILES string of the molecule is CN1CCc2nc3ccccc3c(C(=O)NCc3ccc(F)cc3)c2C1. The van der Waals surface area contributed by atoms with E-state index >= 15 is 0 Å². The first kappa shape index (κ1) is 16.7. The zero-order chi connectivity index (χ0) is 18.1. The van der Waals surface area contributed by atoms with Crippen LogP contribution in [-0.2, 0) is 19.5 Å². The summed E-state index contributed by atoms with van der Waals surface area (Å²) in [5.41, 5.74) is 4.44. The third kappa shape index (κ3) is 3.18. The van der Waals surface area contributed by atoms with Gasteiger partial charge < -0.3 is 10.2 Å². The number of halogens is 1. The Morgan fingerprint density at radius 3 is 2.77 bits per heavy atom. The van der Waals surface area contributed by atoms with Crippen molar-refractivity contribution in [1.29, 1.82) is 0 Å². The second kappa shape index (κ2) is 6.84. The quantitative estimate of drug-likeness (QED) is 0.789. The number of nitrogens with zero attached hydrogens (tertiary/aromatic N) is 2. The molecular weight excluding hydrogens is 329 g/mol. The third-order valence-corrected chi connectivity index (χ3v) is 4.83. The van der Waals surface area contributed by atoms with Crippen molar-refractivity contribution in [2.45, 2.75) is 19.5 Å². The molecule has 0 saturated carbocycles. The van der Waals surface area contributed by atoms with Crippen molar-refractivity contribution >= 4 is 16.8 Å². The average Bonchev–Trinajstić information content (AvgIpc) is 2.65. The van der Waals surface area contributed by atoms with Gasteiger partial charge in [0.2, 0.25) is 0 Å². The Hall–Kier alpha value is -2.79. The molecule has 5 heteroatoms. The van der Waals surface area contributed by atoms with Crippen molar-refractivity contribution in [3.8, 4) is 0 Å². The molecule has 3 aromatic rings. The standard InChI is InChI=1S/C21H20FN3O/c1-25-11-10-19-17(13-25)20(16-4-2-3-5-18(16)24-19)21(26)23-12-14-6-8-15(22)9-7-14/h2-9H,10-13H2,1H3,(H,23,26). The molecular formula is C21H20FN3O. The van der Waals surface area contributed by atoms with Crippen LogP contribution in [0.15, 0.2) is 48.5 Å². The molecule has 0 atom stereocenters. The van der Waals surface area contributed by atoms with E-state index in [1.165, 1.54) is 12.1 Å². The second-order valence-corrected chi connectivity index (χ2v) is 6.73. The van der Waals surface area contributed by atoms with Gasteiger partial charge in [-0.15, -0.1) is 0 Å². The van der Waals surface area contributed by atoms with Crippen LogP contribution in [0, 0.1) is 5.82 Å². The van der Waals surface area contributed by atoms with Gasteiger partial charge in [0.25, 0.3) is 5.91 Å². The van der Waals surface area contributed by atoms with Gasteiger partial charge >= 0.3 is 0 Å². The number of likely N-dealkylation sites (N-methyl/N-ethyl adjacent to an activating group) is 1. The van der Waals surface area contributed by atoms with Crippen LogP contribution < -0.4 is 5.32 Å². The molecule has 1 aromatic heterocycles. The van der Waals surface area contributed by atoms with E-state index < -0.39 is 0 Å². The topological polar surface area (TPSA) is 45.2 Å². The number of nitrogens with one attached hydrogen (secondary N) is 1. The lowest BCUT2D eigenvalue weighted by Crippen LogP contribution is -2.32. The van der Waals surface area contributed by atoms with Gasteiger partial charge in [0.05, 0.1) is 11.1 Å². The van der Waals surface area contributed by atoms with E-state index in [9.17, 15) is 9.18 Å². The summed E-state index contributed by atoms with van der Waals surface area (Å²) in [5, 5.41) is 3.86. The number of fused-ring (bicyclic) bond motifs is 2. The third-order valence-electron chi connectivity index (χ3n) is 4.83. The molecule has 0 fully saturated rings. The van der Waals surface area contributed by atoms with Crippen LogP contribution >= 0.6 is 0 Å². The van der Waals surface area contributed by atoms with E-state index in [-0.39, 0.29) is 11.7 Å². The van der Waals surface area contributed by atoms with Crippen molar-refractivity contribution in [3.63, 3.8) is 0 Å². The maximum Gasteiger partial charge on any atom is 0.252 e. The summed E-state index contributed by atoms with van der Waals surface area (Å²) in [7, 11) is 2.05. The number of rotatable bonds is 3. The van der Waals surface area contributed by atoms with Crippen LogP contribution in [0.5, 0.6) is 0 Å². The highest BCUT2D eigenvalue weighted by molar-refractivity contribution is 6.07. The molecule has 0 aliphatic carbocycles. The fourth-order valence-corrected chi connectivity index (χ4v) is 3.46.